The minimum absolute atomic E-state index is 0.0596. The summed E-state index contributed by atoms with van der Waals surface area (Å²) in [5.74, 6) is -0.579. The Bertz CT molecular complexity index is 691. The summed E-state index contributed by atoms with van der Waals surface area (Å²) in [4.78, 5) is 24.3. The van der Waals surface area contributed by atoms with Crippen molar-refractivity contribution in [1.29, 1.82) is 0 Å². The predicted octanol–water partition coefficient (Wildman–Crippen LogP) is 13.3. The van der Waals surface area contributed by atoms with Crippen LogP contribution in [0, 0.1) is 0 Å². The lowest BCUT2D eigenvalue weighted by Crippen LogP contribution is -2.28. The zero-order chi connectivity index (χ0) is 35.0. The third-order valence-corrected chi connectivity index (χ3v) is 9.56. The molecule has 0 fully saturated rings. The second kappa shape index (κ2) is 40.1. The summed E-state index contributed by atoms with van der Waals surface area (Å²) >= 11 is 0. The lowest BCUT2D eigenvalue weighted by Gasteiger charge is -2.15. The monoisotopic (exact) mass is 679 g/mol. The van der Waals surface area contributed by atoms with Crippen molar-refractivity contribution in [3.8, 4) is 0 Å². The quantitative estimate of drug-likeness (QED) is 0.0398. The van der Waals surface area contributed by atoms with Crippen molar-refractivity contribution in [2.75, 3.05) is 13.2 Å². The fourth-order valence-electron chi connectivity index (χ4n) is 6.31. The molecule has 0 radical (unpaired) electrons. The van der Waals surface area contributed by atoms with Gasteiger partial charge in [0.05, 0.1) is 6.61 Å². The summed E-state index contributed by atoms with van der Waals surface area (Å²) in [6, 6.07) is 0. The van der Waals surface area contributed by atoms with Gasteiger partial charge in [-0.3, -0.25) is 9.59 Å². The SMILES string of the molecule is CCCCCCCC/C=C/CCCCCCCCCCCCCC(=O)O[C@@H](CO)COC(=O)CCCCCCCCCCCCCCC. The normalized spacial score (nSPS) is 12.1. The standard InChI is InChI=1S/C43H82O5/c1-3-5-7-9-11-13-15-17-18-19-20-21-22-23-24-26-28-30-32-34-36-38-43(46)48-41(39-44)40-47-42(45)37-35-33-31-29-27-25-16-14-12-10-8-6-4-2/h17-18,41,44H,3-16,19-40H2,1-2H3/b18-17+/t41-/m0/s1. The van der Waals surface area contributed by atoms with Gasteiger partial charge in [-0.2, -0.15) is 0 Å². The molecule has 0 heterocycles. The Morgan fingerprint density at radius 3 is 1.12 bits per heavy atom. The van der Waals surface area contributed by atoms with Gasteiger partial charge in [-0.25, -0.2) is 0 Å². The van der Waals surface area contributed by atoms with E-state index in [-0.39, 0.29) is 25.2 Å². The number of aliphatic hydroxyl groups excluding tert-OH is 1. The number of hydrogen-bond acceptors (Lipinski definition) is 5. The molecule has 5 heteroatoms. The number of rotatable bonds is 39. The fourth-order valence-corrected chi connectivity index (χ4v) is 6.31. The van der Waals surface area contributed by atoms with E-state index >= 15 is 0 Å². The average Bonchev–Trinajstić information content (AvgIpc) is 3.09. The van der Waals surface area contributed by atoms with Gasteiger partial charge in [-0.1, -0.05) is 193 Å². The summed E-state index contributed by atoms with van der Waals surface area (Å²) in [6.45, 7) is 4.15. The average molecular weight is 679 g/mol. The van der Waals surface area contributed by atoms with E-state index < -0.39 is 6.10 Å². The molecule has 0 unspecified atom stereocenters. The Labute approximate surface area is 299 Å². The van der Waals surface area contributed by atoms with E-state index in [0.717, 1.165) is 32.1 Å². The molecule has 0 amide bonds. The van der Waals surface area contributed by atoms with Gasteiger partial charge in [0.25, 0.3) is 0 Å². The van der Waals surface area contributed by atoms with Crippen LogP contribution in [0.25, 0.3) is 0 Å². The predicted molar refractivity (Wildman–Crippen MR) is 205 cm³/mol. The summed E-state index contributed by atoms with van der Waals surface area (Å²) in [5, 5.41) is 9.56. The molecule has 0 aliphatic heterocycles. The molecule has 0 bridgehead atoms. The highest BCUT2D eigenvalue weighted by atomic mass is 16.6. The largest absolute Gasteiger partial charge is 0.462 e. The number of esters is 2. The van der Waals surface area contributed by atoms with Crippen molar-refractivity contribution < 1.29 is 24.2 Å². The molecular formula is C43H82O5. The van der Waals surface area contributed by atoms with Crippen LogP contribution >= 0.6 is 0 Å². The first-order valence-electron chi connectivity index (χ1n) is 21.2. The molecule has 0 rings (SSSR count). The molecular weight excluding hydrogens is 596 g/mol. The first kappa shape index (κ1) is 46.6. The van der Waals surface area contributed by atoms with E-state index in [1.165, 1.54) is 173 Å². The molecule has 0 aliphatic rings. The van der Waals surface area contributed by atoms with E-state index in [4.69, 9.17) is 9.47 Å². The van der Waals surface area contributed by atoms with Crippen molar-refractivity contribution >= 4 is 11.9 Å². The highest BCUT2D eigenvalue weighted by molar-refractivity contribution is 5.70. The molecule has 0 saturated heterocycles. The number of ether oxygens (including phenoxy) is 2. The van der Waals surface area contributed by atoms with Crippen molar-refractivity contribution in [2.24, 2.45) is 0 Å². The Hall–Kier alpha value is -1.36. The number of hydrogen-bond donors (Lipinski definition) is 1. The molecule has 0 saturated carbocycles. The molecule has 0 spiro atoms. The molecule has 0 aromatic carbocycles. The van der Waals surface area contributed by atoms with E-state index in [2.05, 4.69) is 26.0 Å². The van der Waals surface area contributed by atoms with Crippen LogP contribution in [0.3, 0.4) is 0 Å². The summed E-state index contributed by atoms with van der Waals surface area (Å²) in [7, 11) is 0. The maximum atomic E-state index is 12.2. The van der Waals surface area contributed by atoms with Gasteiger partial charge in [0, 0.05) is 12.8 Å². The number of unbranched alkanes of at least 4 members (excludes halogenated alkanes) is 29. The van der Waals surface area contributed by atoms with Gasteiger partial charge in [0.2, 0.25) is 0 Å². The van der Waals surface area contributed by atoms with E-state index in [0.29, 0.717) is 12.8 Å². The Morgan fingerprint density at radius 2 is 0.771 bits per heavy atom. The van der Waals surface area contributed by atoms with Crippen molar-refractivity contribution in [2.45, 2.75) is 238 Å². The molecule has 1 atom stereocenters. The first-order chi connectivity index (χ1) is 23.6. The van der Waals surface area contributed by atoms with Gasteiger partial charge in [0.1, 0.15) is 6.61 Å². The smallest absolute Gasteiger partial charge is 0.306 e. The first-order valence-corrected chi connectivity index (χ1v) is 21.2. The summed E-state index contributed by atoms with van der Waals surface area (Å²) in [6.07, 6.45) is 45.6. The van der Waals surface area contributed by atoms with Gasteiger partial charge in [-0.15, -0.1) is 0 Å². The number of allylic oxidation sites excluding steroid dienone is 2. The van der Waals surface area contributed by atoms with Crippen LogP contribution < -0.4 is 0 Å². The lowest BCUT2D eigenvalue weighted by molar-refractivity contribution is -0.161. The summed E-state index contributed by atoms with van der Waals surface area (Å²) in [5.41, 5.74) is 0. The molecule has 0 aromatic rings. The maximum absolute atomic E-state index is 12.2. The van der Waals surface area contributed by atoms with E-state index in [9.17, 15) is 14.7 Å². The summed E-state index contributed by atoms with van der Waals surface area (Å²) < 4.78 is 10.6. The minimum atomic E-state index is -0.764. The van der Waals surface area contributed by atoms with E-state index in [1.54, 1.807) is 0 Å². The highest BCUT2D eigenvalue weighted by Gasteiger charge is 2.16. The van der Waals surface area contributed by atoms with Crippen molar-refractivity contribution in [1.82, 2.24) is 0 Å². The Morgan fingerprint density at radius 1 is 0.458 bits per heavy atom. The van der Waals surface area contributed by atoms with Gasteiger partial charge in [-0.05, 0) is 38.5 Å². The van der Waals surface area contributed by atoms with Crippen LogP contribution in [0.15, 0.2) is 12.2 Å². The number of aliphatic hydroxyl groups is 1. The lowest BCUT2D eigenvalue weighted by atomic mass is 10.0. The van der Waals surface area contributed by atoms with Crippen LogP contribution in [0.1, 0.15) is 232 Å². The number of carbonyl (C=O) groups is 2. The second-order valence-corrected chi connectivity index (χ2v) is 14.4. The minimum Gasteiger partial charge on any atom is -0.462 e. The molecule has 1 N–H and O–H groups in total. The molecule has 0 aliphatic carbocycles. The van der Waals surface area contributed by atoms with Gasteiger partial charge in [0.15, 0.2) is 6.10 Å². The Balaban J connectivity index is 3.48. The molecule has 48 heavy (non-hydrogen) atoms. The molecule has 5 nitrogen and oxygen atoms in total. The van der Waals surface area contributed by atoms with Crippen molar-refractivity contribution in [3.63, 3.8) is 0 Å². The van der Waals surface area contributed by atoms with Gasteiger partial charge < -0.3 is 14.6 Å². The van der Waals surface area contributed by atoms with Crippen LogP contribution in [0.4, 0.5) is 0 Å². The van der Waals surface area contributed by atoms with Crippen LogP contribution in [-0.4, -0.2) is 36.4 Å². The third kappa shape index (κ3) is 37.5. The van der Waals surface area contributed by atoms with Gasteiger partial charge >= 0.3 is 11.9 Å². The molecule has 0 aromatic heterocycles. The number of carbonyl (C=O) groups excluding carboxylic acids is 2. The molecule has 284 valence electrons. The van der Waals surface area contributed by atoms with Crippen LogP contribution in [0.2, 0.25) is 0 Å². The second-order valence-electron chi connectivity index (χ2n) is 14.4. The van der Waals surface area contributed by atoms with E-state index in [1.807, 2.05) is 0 Å². The topological polar surface area (TPSA) is 72.8 Å². The third-order valence-electron chi connectivity index (χ3n) is 9.56. The maximum Gasteiger partial charge on any atom is 0.306 e. The van der Waals surface area contributed by atoms with Crippen LogP contribution in [0.5, 0.6) is 0 Å². The zero-order valence-corrected chi connectivity index (χ0v) is 32.3. The van der Waals surface area contributed by atoms with Crippen LogP contribution in [-0.2, 0) is 19.1 Å². The zero-order valence-electron chi connectivity index (χ0n) is 32.3. The highest BCUT2D eigenvalue weighted by Crippen LogP contribution is 2.15. The van der Waals surface area contributed by atoms with Crippen molar-refractivity contribution in [3.05, 3.63) is 12.2 Å². The fraction of sp³-hybridized carbons (Fsp3) is 0.907. The Kier molecular flexibility index (Phi) is 38.9.